The molecule has 7 heteroatoms. The summed E-state index contributed by atoms with van der Waals surface area (Å²) in [6.07, 6.45) is 3.48. The molecular formula is C23H21N3O3S. The van der Waals surface area contributed by atoms with Gasteiger partial charge in [0.1, 0.15) is 0 Å². The topological polar surface area (TPSA) is 64.5 Å². The van der Waals surface area contributed by atoms with Gasteiger partial charge in [0.2, 0.25) is 0 Å². The summed E-state index contributed by atoms with van der Waals surface area (Å²) in [5.41, 5.74) is 3.24. The lowest BCUT2D eigenvalue weighted by atomic mass is 10.1. The monoisotopic (exact) mass is 419 g/mol. The molecule has 0 saturated heterocycles. The maximum absolute atomic E-state index is 13.5. The molecule has 2 aromatic heterocycles. The zero-order valence-electron chi connectivity index (χ0n) is 17.0. The first-order valence-electron chi connectivity index (χ1n) is 9.39. The van der Waals surface area contributed by atoms with Crippen molar-refractivity contribution in [2.75, 3.05) is 19.1 Å². The van der Waals surface area contributed by atoms with Crippen LogP contribution in [-0.4, -0.2) is 30.1 Å². The fourth-order valence-corrected chi connectivity index (χ4v) is 4.19. The van der Waals surface area contributed by atoms with Crippen molar-refractivity contribution in [1.29, 1.82) is 0 Å². The molecule has 0 aliphatic heterocycles. The highest BCUT2D eigenvalue weighted by Crippen LogP contribution is 2.38. The van der Waals surface area contributed by atoms with Crippen LogP contribution >= 0.6 is 11.3 Å². The second-order valence-corrected chi connectivity index (χ2v) is 7.75. The number of ether oxygens (including phenoxy) is 2. The molecule has 0 aliphatic carbocycles. The molecule has 30 heavy (non-hydrogen) atoms. The van der Waals surface area contributed by atoms with Crippen molar-refractivity contribution in [2.24, 2.45) is 0 Å². The van der Waals surface area contributed by atoms with Crippen LogP contribution in [0, 0.1) is 6.92 Å². The summed E-state index contributed by atoms with van der Waals surface area (Å²) >= 11 is 1.44. The summed E-state index contributed by atoms with van der Waals surface area (Å²) < 4.78 is 11.7. The lowest BCUT2D eigenvalue weighted by Gasteiger charge is -2.21. The van der Waals surface area contributed by atoms with E-state index < -0.39 is 0 Å². The molecule has 0 radical (unpaired) electrons. The molecule has 0 bridgehead atoms. The summed E-state index contributed by atoms with van der Waals surface area (Å²) in [5.74, 6) is 1.13. The molecule has 152 valence electrons. The maximum atomic E-state index is 13.5. The number of rotatable bonds is 6. The van der Waals surface area contributed by atoms with E-state index in [0.29, 0.717) is 28.7 Å². The Morgan fingerprint density at radius 3 is 2.53 bits per heavy atom. The standard InChI is InChI=1S/C23H21N3O3S/c1-15-7-4-5-9-17(15)22(27)26(14-16-8-6-10-24-13-16)23-25-18-11-19(28-2)20(29-3)12-21(18)30-23/h4-13H,14H2,1-3H3. The highest BCUT2D eigenvalue weighted by molar-refractivity contribution is 7.22. The molecule has 4 aromatic rings. The van der Waals surface area contributed by atoms with Gasteiger partial charge in [-0.25, -0.2) is 4.98 Å². The maximum Gasteiger partial charge on any atom is 0.260 e. The van der Waals surface area contributed by atoms with E-state index in [0.717, 1.165) is 21.3 Å². The van der Waals surface area contributed by atoms with Crippen molar-refractivity contribution in [3.05, 3.63) is 77.6 Å². The van der Waals surface area contributed by atoms with Gasteiger partial charge in [-0.15, -0.1) is 0 Å². The van der Waals surface area contributed by atoms with E-state index in [9.17, 15) is 4.79 Å². The molecule has 2 heterocycles. The molecule has 0 N–H and O–H groups in total. The third kappa shape index (κ3) is 3.84. The van der Waals surface area contributed by atoms with E-state index in [-0.39, 0.29) is 5.91 Å². The number of methoxy groups -OCH3 is 2. The minimum Gasteiger partial charge on any atom is -0.493 e. The molecule has 1 amide bonds. The number of aromatic nitrogens is 2. The lowest BCUT2D eigenvalue weighted by molar-refractivity contribution is 0.0984. The minimum atomic E-state index is -0.102. The number of carbonyl (C=O) groups excluding carboxylic acids is 1. The van der Waals surface area contributed by atoms with Gasteiger partial charge < -0.3 is 9.47 Å². The number of hydrogen-bond acceptors (Lipinski definition) is 6. The van der Waals surface area contributed by atoms with Crippen LogP contribution in [0.5, 0.6) is 11.5 Å². The summed E-state index contributed by atoms with van der Waals surface area (Å²) in [6, 6.07) is 15.1. The summed E-state index contributed by atoms with van der Waals surface area (Å²) in [4.78, 5) is 24.1. The minimum absolute atomic E-state index is 0.102. The van der Waals surface area contributed by atoms with Crippen molar-refractivity contribution in [3.8, 4) is 11.5 Å². The SMILES string of the molecule is COc1cc2nc(N(Cc3cccnc3)C(=O)c3ccccc3C)sc2cc1OC. The van der Waals surface area contributed by atoms with Gasteiger partial charge in [-0.2, -0.15) is 0 Å². The first-order chi connectivity index (χ1) is 14.6. The molecule has 4 rings (SSSR count). The number of anilines is 1. The first-order valence-corrected chi connectivity index (χ1v) is 10.2. The van der Waals surface area contributed by atoms with Gasteiger partial charge in [-0.1, -0.05) is 35.6 Å². The number of thiazole rings is 1. The average molecular weight is 420 g/mol. The summed E-state index contributed by atoms with van der Waals surface area (Å²) in [6.45, 7) is 2.30. The molecule has 0 aliphatic rings. The average Bonchev–Trinajstić information content (AvgIpc) is 3.19. The fraction of sp³-hybridized carbons (Fsp3) is 0.174. The second kappa shape index (κ2) is 8.51. The van der Waals surface area contributed by atoms with Gasteiger partial charge in [-0.3, -0.25) is 14.7 Å². The zero-order chi connectivity index (χ0) is 21.1. The van der Waals surface area contributed by atoms with Gasteiger partial charge in [0.05, 0.1) is 31.0 Å². The molecule has 0 atom stereocenters. The van der Waals surface area contributed by atoms with E-state index >= 15 is 0 Å². The van der Waals surface area contributed by atoms with Crippen LogP contribution in [0.2, 0.25) is 0 Å². The van der Waals surface area contributed by atoms with Crippen LogP contribution in [0.25, 0.3) is 10.2 Å². The Hall–Kier alpha value is -3.45. The Bertz CT molecular complexity index is 1150. The smallest absolute Gasteiger partial charge is 0.260 e. The highest BCUT2D eigenvalue weighted by atomic mass is 32.1. The third-order valence-corrected chi connectivity index (χ3v) is 5.84. The van der Waals surface area contributed by atoms with Crippen LogP contribution in [0.1, 0.15) is 21.5 Å². The van der Waals surface area contributed by atoms with Gasteiger partial charge in [0.15, 0.2) is 16.6 Å². The number of amides is 1. The van der Waals surface area contributed by atoms with Crippen LogP contribution in [0.4, 0.5) is 5.13 Å². The predicted molar refractivity (Wildman–Crippen MR) is 119 cm³/mol. The predicted octanol–water partition coefficient (Wildman–Crippen LogP) is 4.86. The van der Waals surface area contributed by atoms with Crippen LogP contribution in [0.3, 0.4) is 0 Å². The Labute approximate surface area is 178 Å². The number of carbonyl (C=O) groups is 1. The van der Waals surface area contributed by atoms with Gasteiger partial charge in [0.25, 0.3) is 5.91 Å². The Morgan fingerprint density at radius 2 is 1.83 bits per heavy atom. The van der Waals surface area contributed by atoms with E-state index in [4.69, 9.17) is 14.5 Å². The molecule has 0 unspecified atom stereocenters. The molecule has 0 saturated carbocycles. The molecule has 0 fully saturated rings. The van der Waals surface area contributed by atoms with E-state index in [2.05, 4.69) is 4.98 Å². The van der Waals surface area contributed by atoms with E-state index in [1.54, 1.807) is 31.5 Å². The number of aryl methyl sites for hydroxylation is 1. The van der Waals surface area contributed by atoms with Crippen molar-refractivity contribution in [1.82, 2.24) is 9.97 Å². The summed E-state index contributed by atoms with van der Waals surface area (Å²) in [7, 11) is 3.19. The van der Waals surface area contributed by atoms with Gasteiger partial charge in [-0.05, 0) is 30.2 Å². The van der Waals surface area contributed by atoms with Crippen molar-refractivity contribution >= 4 is 32.6 Å². The lowest BCUT2D eigenvalue weighted by Crippen LogP contribution is -2.30. The van der Waals surface area contributed by atoms with E-state index in [1.165, 1.54) is 11.3 Å². The van der Waals surface area contributed by atoms with E-state index in [1.807, 2.05) is 55.5 Å². The van der Waals surface area contributed by atoms with Crippen LogP contribution in [-0.2, 0) is 6.54 Å². The Morgan fingerprint density at radius 1 is 1.07 bits per heavy atom. The number of nitrogens with zero attached hydrogens (tertiary/aromatic N) is 3. The van der Waals surface area contributed by atoms with Crippen LogP contribution in [0.15, 0.2) is 60.9 Å². The Kier molecular flexibility index (Phi) is 5.63. The van der Waals surface area contributed by atoms with Crippen molar-refractivity contribution in [3.63, 3.8) is 0 Å². The molecule has 6 nitrogen and oxygen atoms in total. The Balaban J connectivity index is 1.81. The summed E-state index contributed by atoms with van der Waals surface area (Å²) in [5, 5.41) is 0.609. The number of benzene rings is 2. The molecular weight excluding hydrogens is 398 g/mol. The molecule has 2 aromatic carbocycles. The zero-order valence-corrected chi connectivity index (χ0v) is 17.8. The molecule has 0 spiro atoms. The third-order valence-electron chi connectivity index (χ3n) is 4.80. The number of hydrogen-bond donors (Lipinski definition) is 0. The number of fused-ring (bicyclic) bond motifs is 1. The van der Waals surface area contributed by atoms with Gasteiger partial charge in [0, 0.05) is 30.1 Å². The van der Waals surface area contributed by atoms with Crippen molar-refractivity contribution in [2.45, 2.75) is 13.5 Å². The van der Waals surface area contributed by atoms with Crippen molar-refractivity contribution < 1.29 is 14.3 Å². The van der Waals surface area contributed by atoms with Gasteiger partial charge >= 0.3 is 0 Å². The van der Waals surface area contributed by atoms with Crippen LogP contribution < -0.4 is 14.4 Å². The second-order valence-electron chi connectivity index (χ2n) is 6.74. The highest BCUT2D eigenvalue weighted by Gasteiger charge is 2.23. The fourth-order valence-electron chi connectivity index (χ4n) is 3.22. The first kappa shape index (κ1) is 19.8. The largest absolute Gasteiger partial charge is 0.493 e. The quantitative estimate of drug-likeness (QED) is 0.446. The normalized spacial score (nSPS) is 10.8. The number of pyridine rings is 1.